The summed E-state index contributed by atoms with van der Waals surface area (Å²) in [7, 11) is 0. The zero-order chi connectivity index (χ0) is 6.85. The lowest BCUT2D eigenvalue weighted by Gasteiger charge is -2.21. The van der Waals surface area contributed by atoms with Gasteiger partial charge in [0.05, 0.1) is 0 Å². The normalized spacial score (nSPS) is 36.9. The number of hydrogen-bond donors (Lipinski definition) is 0. The first-order valence-corrected chi connectivity index (χ1v) is 3.70. The largest absolute Gasteiger partial charge is 0.300 e. The molecule has 2 atom stereocenters. The van der Waals surface area contributed by atoms with Crippen LogP contribution in [0.4, 0.5) is 0 Å². The van der Waals surface area contributed by atoms with Crippen molar-refractivity contribution < 1.29 is 4.79 Å². The van der Waals surface area contributed by atoms with Gasteiger partial charge in [0, 0.05) is 12.8 Å². The van der Waals surface area contributed by atoms with E-state index in [0.717, 1.165) is 12.8 Å². The van der Waals surface area contributed by atoms with Crippen molar-refractivity contribution in [2.45, 2.75) is 33.1 Å². The summed E-state index contributed by atoms with van der Waals surface area (Å²) in [5, 5.41) is 0. The molecule has 0 aromatic carbocycles. The number of carbonyl (C=O) groups is 1. The van der Waals surface area contributed by atoms with Gasteiger partial charge in [0.25, 0.3) is 0 Å². The van der Waals surface area contributed by atoms with Crippen molar-refractivity contribution in [2.24, 2.45) is 11.8 Å². The average Bonchev–Trinajstić information content (AvgIpc) is 1.59. The fraction of sp³-hybridized carbons (Fsp3) is 0.875. The van der Waals surface area contributed by atoms with Crippen LogP contribution in [0.2, 0.25) is 0 Å². The second-order valence-corrected chi connectivity index (χ2v) is 3.39. The van der Waals surface area contributed by atoms with Crippen molar-refractivity contribution >= 4 is 5.78 Å². The maximum absolute atomic E-state index is 10.9. The van der Waals surface area contributed by atoms with Crippen LogP contribution in [-0.2, 0) is 4.79 Å². The van der Waals surface area contributed by atoms with Crippen molar-refractivity contribution in [3.63, 3.8) is 0 Å². The van der Waals surface area contributed by atoms with Crippen LogP contribution in [0.1, 0.15) is 33.1 Å². The Labute approximate surface area is 56.4 Å². The molecule has 1 nitrogen and oxygen atoms in total. The van der Waals surface area contributed by atoms with Crippen molar-refractivity contribution in [1.29, 1.82) is 0 Å². The number of ketones is 1. The summed E-state index contributed by atoms with van der Waals surface area (Å²) >= 11 is 0. The monoisotopic (exact) mass is 126 g/mol. The van der Waals surface area contributed by atoms with Crippen molar-refractivity contribution in [3.8, 4) is 0 Å². The predicted molar refractivity (Wildman–Crippen MR) is 37.2 cm³/mol. The van der Waals surface area contributed by atoms with Gasteiger partial charge in [-0.25, -0.2) is 0 Å². The van der Waals surface area contributed by atoms with E-state index in [-0.39, 0.29) is 0 Å². The van der Waals surface area contributed by atoms with Gasteiger partial charge in [0.15, 0.2) is 0 Å². The summed E-state index contributed by atoms with van der Waals surface area (Å²) < 4.78 is 0. The van der Waals surface area contributed by atoms with E-state index in [9.17, 15) is 4.79 Å². The molecule has 9 heavy (non-hydrogen) atoms. The molecule has 1 aliphatic carbocycles. The van der Waals surface area contributed by atoms with Gasteiger partial charge in [-0.1, -0.05) is 13.8 Å². The molecule has 0 aliphatic heterocycles. The molecule has 0 heterocycles. The Morgan fingerprint density at radius 2 is 1.67 bits per heavy atom. The first-order chi connectivity index (χ1) is 4.18. The highest BCUT2D eigenvalue weighted by atomic mass is 16.1. The Balaban J connectivity index is 2.43. The molecule has 1 aliphatic rings. The molecule has 0 saturated heterocycles. The van der Waals surface area contributed by atoms with Crippen LogP contribution in [0.15, 0.2) is 0 Å². The van der Waals surface area contributed by atoms with Gasteiger partial charge in [-0.15, -0.1) is 0 Å². The highest BCUT2D eigenvalue weighted by Crippen LogP contribution is 2.25. The van der Waals surface area contributed by atoms with E-state index in [1.807, 2.05) is 0 Å². The van der Waals surface area contributed by atoms with Crippen molar-refractivity contribution in [3.05, 3.63) is 0 Å². The summed E-state index contributed by atoms with van der Waals surface area (Å²) in [6.45, 7) is 4.32. The van der Waals surface area contributed by atoms with E-state index < -0.39 is 0 Å². The standard InChI is InChI=1S/C8H14O/c1-6-3-7(2)5-8(9)4-6/h6-7H,3-5H2,1-2H3/t6-,7+. The van der Waals surface area contributed by atoms with Crippen LogP contribution in [0.3, 0.4) is 0 Å². The number of rotatable bonds is 0. The molecule has 0 unspecified atom stereocenters. The van der Waals surface area contributed by atoms with Crippen LogP contribution in [0.25, 0.3) is 0 Å². The van der Waals surface area contributed by atoms with Crippen LogP contribution in [0.5, 0.6) is 0 Å². The van der Waals surface area contributed by atoms with E-state index in [1.54, 1.807) is 0 Å². The molecule has 1 saturated carbocycles. The fourth-order valence-corrected chi connectivity index (χ4v) is 1.71. The summed E-state index contributed by atoms with van der Waals surface area (Å²) in [5.41, 5.74) is 0. The Bertz CT molecular complexity index is 106. The molecule has 0 aromatic heterocycles. The Morgan fingerprint density at radius 3 is 2.00 bits per heavy atom. The molecule has 1 heteroatoms. The first-order valence-electron chi connectivity index (χ1n) is 3.70. The lowest BCUT2D eigenvalue weighted by Crippen LogP contribution is -2.18. The van der Waals surface area contributed by atoms with E-state index in [4.69, 9.17) is 0 Å². The molecule has 1 fully saturated rings. The Morgan fingerprint density at radius 1 is 1.22 bits per heavy atom. The lowest BCUT2D eigenvalue weighted by molar-refractivity contribution is -0.122. The van der Waals surface area contributed by atoms with Crippen LogP contribution in [-0.4, -0.2) is 5.78 Å². The maximum atomic E-state index is 10.9. The molecule has 0 N–H and O–H groups in total. The summed E-state index contributed by atoms with van der Waals surface area (Å²) in [6, 6.07) is 0. The average molecular weight is 126 g/mol. The Kier molecular flexibility index (Phi) is 1.89. The number of Topliss-reactive ketones (excluding diaryl/α,β-unsaturated/α-hetero) is 1. The highest BCUT2D eigenvalue weighted by molar-refractivity contribution is 5.79. The van der Waals surface area contributed by atoms with Crippen molar-refractivity contribution in [1.82, 2.24) is 0 Å². The van der Waals surface area contributed by atoms with Gasteiger partial charge in [-0.3, -0.25) is 4.79 Å². The van der Waals surface area contributed by atoms with Crippen LogP contribution >= 0.6 is 0 Å². The van der Waals surface area contributed by atoms with Crippen LogP contribution < -0.4 is 0 Å². The third-order valence-electron chi connectivity index (χ3n) is 1.96. The van der Waals surface area contributed by atoms with E-state index in [2.05, 4.69) is 13.8 Å². The number of carbonyl (C=O) groups excluding carboxylic acids is 1. The SMILES string of the molecule is C[C@@H]1CC(=O)C[C@H](C)C1. The molecule has 52 valence electrons. The van der Waals surface area contributed by atoms with Gasteiger partial charge in [-0.05, 0) is 18.3 Å². The zero-order valence-electron chi connectivity index (χ0n) is 6.18. The fourth-order valence-electron chi connectivity index (χ4n) is 1.71. The predicted octanol–water partition coefficient (Wildman–Crippen LogP) is 2.01. The summed E-state index contributed by atoms with van der Waals surface area (Å²) in [5.74, 6) is 1.74. The molecule has 0 bridgehead atoms. The van der Waals surface area contributed by atoms with Crippen molar-refractivity contribution in [2.75, 3.05) is 0 Å². The number of hydrogen-bond acceptors (Lipinski definition) is 1. The molecule has 0 amide bonds. The lowest BCUT2D eigenvalue weighted by atomic mass is 9.83. The maximum Gasteiger partial charge on any atom is 0.133 e. The minimum Gasteiger partial charge on any atom is -0.300 e. The molecular weight excluding hydrogens is 112 g/mol. The quantitative estimate of drug-likeness (QED) is 0.485. The minimum atomic E-state index is 0.459. The van der Waals surface area contributed by atoms with Gasteiger partial charge < -0.3 is 0 Å². The molecule has 0 aromatic rings. The topological polar surface area (TPSA) is 17.1 Å². The van der Waals surface area contributed by atoms with E-state index in [1.165, 1.54) is 6.42 Å². The third kappa shape index (κ3) is 1.81. The highest BCUT2D eigenvalue weighted by Gasteiger charge is 2.20. The smallest absolute Gasteiger partial charge is 0.133 e. The first kappa shape index (κ1) is 6.79. The zero-order valence-corrected chi connectivity index (χ0v) is 6.18. The molecule has 0 radical (unpaired) electrons. The van der Waals surface area contributed by atoms with E-state index in [0.29, 0.717) is 17.6 Å². The Hall–Kier alpha value is -0.330. The third-order valence-corrected chi connectivity index (χ3v) is 1.96. The van der Waals surface area contributed by atoms with E-state index >= 15 is 0 Å². The molecular formula is C8H14O. The molecule has 0 spiro atoms. The van der Waals surface area contributed by atoms with Gasteiger partial charge in [0.1, 0.15) is 5.78 Å². The van der Waals surface area contributed by atoms with Crippen LogP contribution in [0, 0.1) is 11.8 Å². The van der Waals surface area contributed by atoms with Gasteiger partial charge in [-0.2, -0.15) is 0 Å². The second kappa shape index (κ2) is 2.51. The molecule has 1 rings (SSSR count). The summed E-state index contributed by atoms with van der Waals surface area (Å²) in [6.07, 6.45) is 2.89. The summed E-state index contributed by atoms with van der Waals surface area (Å²) in [4.78, 5) is 10.9. The minimum absolute atomic E-state index is 0.459. The second-order valence-electron chi connectivity index (χ2n) is 3.39. The van der Waals surface area contributed by atoms with Gasteiger partial charge >= 0.3 is 0 Å². The van der Waals surface area contributed by atoms with Gasteiger partial charge in [0.2, 0.25) is 0 Å².